The van der Waals surface area contributed by atoms with Crippen molar-refractivity contribution in [3.05, 3.63) is 36.5 Å². The van der Waals surface area contributed by atoms with E-state index >= 15 is 0 Å². The Hall–Kier alpha value is -0.860. The van der Waals surface area contributed by atoms with E-state index in [1.54, 1.807) is 0 Å². The molecule has 2 nitrogen and oxygen atoms in total. The number of aliphatic hydroxyl groups is 2. The normalized spacial score (nSPS) is 14.1. The molecule has 0 aliphatic rings. The molecule has 0 saturated heterocycles. The summed E-state index contributed by atoms with van der Waals surface area (Å²) in [4.78, 5) is 0. The first-order valence-corrected chi connectivity index (χ1v) is 7.50. The lowest BCUT2D eigenvalue weighted by Crippen LogP contribution is -2.10. The second-order valence-corrected chi connectivity index (χ2v) is 6.92. The van der Waals surface area contributed by atoms with Crippen LogP contribution in [0.2, 0.25) is 0 Å². The van der Waals surface area contributed by atoms with Gasteiger partial charge in [-0.05, 0) is 36.5 Å². The molecule has 0 unspecified atom stereocenters. The van der Waals surface area contributed by atoms with Gasteiger partial charge in [0.25, 0.3) is 0 Å². The molecule has 0 aromatic heterocycles. The topological polar surface area (TPSA) is 40.5 Å². The summed E-state index contributed by atoms with van der Waals surface area (Å²) in [6.45, 7) is 9.23. The summed E-state index contributed by atoms with van der Waals surface area (Å²) in [6, 6.07) is 0. The van der Waals surface area contributed by atoms with Crippen LogP contribution in [0.3, 0.4) is 0 Å². The first-order chi connectivity index (χ1) is 9.33. The SMILES string of the molecule is CC(C)(CC=CCO)CC=CCC(C)(C)CC=CCO. The van der Waals surface area contributed by atoms with Crippen molar-refractivity contribution >= 4 is 0 Å². The molecule has 0 spiro atoms. The van der Waals surface area contributed by atoms with E-state index < -0.39 is 0 Å². The first kappa shape index (κ1) is 19.1. The molecule has 2 heteroatoms. The molecule has 0 saturated carbocycles. The molecular weight excluding hydrogens is 248 g/mol. The van der Waals surface area contributed by atoms with Gasteiger partial charge in [-0.15, -0.1) is 0 Å². The molecule has 0 fully saturated rings. The van der Waals surface area contributed by atoms with E-state index in [1.807, 2.05) is 12.2 Å². The van der Waals surface area contributed by atoms with E-state index in [-0.39, 0.29) is 24.0 Å². The largest absolute Gasteiger partial charge is 0.392 e. The number of hydrogen-bond acceptors (Lipinski definition) is 2. The predicted octanol–water partition coefficient (Wildman–Crippen LogP) is 4.25. The molecule has 0 heterocycles. The summed E-state index contributed by atoms with van der Waals surface area (Å²) >= 11 is 0. The molecule has 0 aromatic rings. The van der Waals surface area contributed by atoms with Gasteiger partial charge in [0.05, 0.1) is 13.2 Å². The molecular formula is C18H32O2. The third kappa shape index (κ3) is 11.0. The van der Waals surface area contributed by atoms with E-state index in [9.17, 15) is 0 Å². The fourth-order valence-electron chi connectivity index (χ4n) is 1.93. The van der Waals surface area contributed by atoms with Crippen molar-refractivity contribution in [2.45, 2.75) is 53.4 Å². The molecule has 20 heavy (non-hydrogen) atoms. The molecule has 2 N–H and O–H groups in total. The Balaban J connectivity index is 4.11. The molecule has 0 atom stereocenters. The maximum Gasteiger partial charge on any atom is 0.0612 e. The van der Waals surface area contributed by atoms with Crippen LogP contribution in [0.1, 0.15) is 53.4 Å². The van der Waals surface area contributed by atoms with E-state index in [1.165, 1.54) is 0 Å². The van der Waals surface area contributed by atoms with Gasteiger partial charge >= 0.3 is 0 Å². The Morgan fingerprint density at radius 3 is 1.05 bits per heavy atom. The molecule has 0 radical (unpaired) electrons. The minimum absolute atomic E-state index is 0.126. The first-order valence-electron chi connectivity index (χ1n) is 7.50. The molecule has 0 aromatic carbocycles. The molecule has 0 rings (SSSR count). The van der Waals surface area contributed by atoms with Crippen molar-refractivity contribution < 1.29 is 10.2 Å². The van der Waals surface area contributed by atoms with Gasteiger partial charge in [0, 0.05) is 0 Å². The second kappa shape index (κ2) is 9.95. The Labute approximate surface area is 124 Å². The zero-order chi connectivity index (χ0) is 15.5. The predicted molar refractivity (Wildman–Crippen MR) is 87.6 cm³/mol. The standard InChI is InChI=1S/C18H32O2/c1-17(2,13-7-9-15-19)11-5-6-12-18(3,4)14-8-10-16-20/h5-10,19-20H,11-16H2,1-4H3. The lowest BCUT2D eigenvalue weighted by molar-refractivity contribution is 0.337. The number of aliphatic hydroxyl groups excluding tert-OH is 2. The van der Waals surface area contributed by atoms with Crippen LogP contribution in [-0.4, -0.2) is 23.4 Å². The van der Waals surface area contributed by atoms with Crippen LogP contribution >= 0.6 is 0 Å². The second-order valence-electron chi connectivity index (χ2n) is 6.92. The van der Waals surface area contributed by atoms with Crippen molar-refractivity contribution in [2.75, 3.05) is 13.2 Å². The lowest BCUT2D eigenvalue weighted by Gasteiger charge is -2.22. The van der Waals surface area contributed by atoms with Crippen molar-refractivity contribution in [1.82, 2.24) is 0 Å². The van der Waals surface area contributed by atoms with Crippen molar-refractivity contribution in [3.8, 4) is 0 Å². The van der Waals surface area contributed by atoms with Gasteiger partial charge in [0.2, 0.25) is 0 Å². The maximum absolute atomic E-state index is 8.73. The lowest BCUT2D eigenvalue weighted by atomic mass is 9.83. The van der Waals surface area contributed by atoms with Crippen LogP contribution in [-0.2, 0) is 0 Å². The van der Waals surface area contributed by atoms with E-state index in [0.29, 0.717) is 0 Å². The zero-order valence-corrected chi connectivity index (χ0v) is 13.6. The highest BCUT2D eigenvalue weighted by Crippen LogP contribution is 2.29. The molecule has 0 aliphatic carbocycles. The smallest absolute Gasteiger partial charge is 0.0612 e. The molecule has 0 bridgehead atoms. The fraction of sp³-hybridized carbons (Fsp3) is 0.667. The van der Waals surface area contributed by atoms with Gasteiger partial charge in [-0.25, -0.2) is 0 Å². The third-order valence-corrected chi connectivity index (χ3v) is 3.39. The summed E-state index contributed by atoms with van der Waals surface area (Å²) in [5.74, 6) is 0. The van der Waals surface area contributed by atoms with E-state index in [2.05, 4.69) is 52.0 Å². The van der Waals surface area contributed by atoms with Crippen molar-refractivity contribution in [3.63, 3.8) is 0 Å². The molecule has 116 valence electrons. The van der Waals surface area contributed by atoms with Crippen LogP contribution in [0.5, 0.6) is 0 Å². The van der Waals surface area contributed by atoms with Crippen molar-refractivity contribution in [2.24, 2.45) is 10.8 Å². The third-order valence-electron chi connectivity index (χ3n) is 3.39. The Bertz CT molecular complexity index is 290. The van der Waals surface area contributed by atoms with Gasteiger partial charge in [-0.3, -0.25) is 0 Å². The number of hydrogen-bond donors (Lipinski definition) is 2. The Morgan fingerprint density at radius 2 is 0.800 bits per heavy atom. The Morgan fingerprint density at radius 1 is 0.550 bits per heavy atom. The van der Waals surface area contributed by atoms with E-state index in [0.717, 1.165) is 25.7 Å². The van der Waals surface area contributed by atoms with Gasteiger partial charge in [0.1, 0.15) is 0 Å². The van der Waals surface area contributed by atoms with Gasteiger partial charge < -0.3 is 10.2 Å². The highest BCUT2D eigenvalue weighted by Gasteiger charge is 2.15. The average Bonchev–Trinajstić information content (AvgIpc) is 2.35. The van der Waals surface area contributed by atoms with Crippen LogP contribution < -0.4 is 0 Å². The average molecular weight is 280 g/mol. The number of allylic oxidation sites excluding steroid dienone is 4. The van der Waals surface area contributed by atoms with Gasteiger partial charge in [-0.2, -0.15) is 0 Å². The zero-order valence-electron chi connectivity index (χ0n) is 13.6. The van der Waals surface area contributed by atoms with Crippen LogP contribution in [0.4, 0.5) is 0 Å². The quantitative estimate of drug-likeness (QED) is 0.587. The van der Waals surface area contributed by atoms with Crippen molar-refractivity contribution in [1.29, 1.82) is 0 Å². The molecule has 0 amide bonds. The molecule has 0 aliphatic heterocycles. The fourth-order valence-corrected chi connectivity index (χ4v) is 1.93. The monoisotopic (exact) mass is 280 g/mol. The van der Waals surface area contributed by atoms with Gasteiger partial charge in [0.15, 0.2) is 0 Å². The summed E-state index contributed by atoms with van der Waals surface area (Å²) in [6.07, 6.45) is 16.3. The minimum Gasteiger partial charge on any atom is -0.392 e. The van der Waals surface area contributed by atoms with Crippen LogP contribution in [0.15, 0.2) is 36.5 Å². The minimum atomic E-state index is 0.126. The summed E-state index contributed by atoms with van der Waals surface area (Å²) in [5.41, 5.74) is 0.478. The van der Waals surface area contributed by atoms with Crippen LogP contribution in [0, 0.1) is 10.8 Å². The highest BCUT2D eigenvalue weighted by atomic mass is 16.3. The summed E-state index contributed by atoms with van der Waals surface area (Å²) in [5, 5.41) is 17.5. The maximum atomic E-state index is 8.73. The number of rotatable bonds is 10. The van der Waals surface area contributed by atoms with E-state index in [4.69, 9.17) is 10.2 Å². The van der Waals surface area contributed by atoms with Gasteiger partial charge in [-0.1, -0.05) is 64.2 Å². The summed E-state index contributed by atoms with van der Waals surface area (Å²) in [7, 11) is 0. The van der Waals surface area contributed by atoms with Crippen LogP contribution in [0.25, 0.3) is 0 Å². The summed E-state index contributed by atoms with van der Waals surface area (Å²) < 4.78 is 0. The highest BCUT2D eigenvalue weighted by molar-refractivity contribution is 4.96. The Kier molecular flexibility index (Phi) is 9.52.